The quantitative estimate of drug-likeness (QED) is 0.503. The normalized spacial score (nSPS) is 14.8. The lowest BCUT2D eigenvalue weighted by Crippen LogP contribution is -2.38. The molecular weight excluding hydrogens is 408 g/mol. The van der Waals surface area contributed by atoms with Crippen molar-refractivity contribution in [3.8, 4) is 11.8 Å². The molecule has 0 saturated carbocycles. The first kappa shape index (κ1) is 21.3. The zero-order valence-corrected chi connectivity index (χ0v) is 17.3. The van der Waals surface area contributed by atoms with Gasteiger partial charge in [-0.1, -0.05) is 6.92 Å². The van der Waals surface area contributed by atoms with Crippen LogP contribution in [0.3, 0.4) is 0 Å². The number of aromatic nitrogens is 3. The van der Waals surface area contributed by atoms with Crippen LogP contribution in [0.2, 0.25) is 0 Å². The Morgan fingerprint density at radius 2 is 1.94 bits per heavy atom. The second kappa shape index (κ2) is 9.44. The first-order valence-corrected chi connectivity index (χ1v) is 10.3. The molecule has 1 aliphatic heterocycles. The number of aryl methyl sites for hydroxylation is 1. The lowest BCUT2D eigenvalue weighted by molar-refractivity contribution is 0.0322. The zero-order valence-electron chi connectivity index (χ0n) is 17.3. The van der Waals surface area contributed by atoms with Crippen molar-refractivity contribution >= 4 is 17.0 Å². The Balaban J connectivity index is 1.41. The summed E-state index contributed by atoms with van der Waals surface area (Å²) in [5.74, 6) is -0.755. The Morgan fingerprint density at radius 1 is 1.19 bits per heavy atom. The molecule has 0 bridgehead atoms. The zero-order chi connectivity index (χ0) is 21.8. The van der Waals surface area contributed by atoms with E-state index in [4.69, 9.17) is 9.47 Å². The number of morpholine rings is 1. The predicted molar refractivity (Wildman–Crippen MR) is 111 cm³/mol. The average Bonchev–Trinajstić information content (AvgIpc) is 3.12. The summed E-state index contributed by atoms with van der Waals surface area (Å²) in [6.45, 7) is 5.90. The van der Waals surface area contributed by atoms with Crippen LogP contribution in [0.25, 0.3) is 11.2 Å². The number of H-pyrrole nitrogens is 1. The van der Waals surface area contributed by atoms with Gasteiger partial charge in [0.2, 0.25) is 0 Å². The third kappa shape index (κ3) is 5.02. The number of nitrogens with zero attached hydrogens (tertiary/aromatic N) is 3. The molecule has 0 radical (unpaired) electrons. The van der Waals surface area contributed by atoms with Crippen LogP contribution in [0.15, 0.2) is 18.2 Å². The van der Waals surface area contributed by atoms with Gasteiger partial charge >= 0.3 is 0 Å². The van der Waals surface area contributed by atoms with Crippen LogP contribution in [0.5, 0.6) is 11.8 Å². The molecule has 1 saturated heterocycles. The molecule has 3 N–H and O–H groups in total. The highest BCUT2D eigenvalue weighted by Crippen LogP contribution is 2.24. The van der Waals surface area contributed by atoms with Crippen molar-refractivity contribution in [1.29, 1.82) is 0 Å². The summed E-state index contributed by atoms with van der Waals surface area (Å²) in [6.07, 6.45) is 0.645. The van der Waals surface area contributed by atoms with Crippen LogP contribution in [0.1, 0.15) is 18.1 Å². The molecule has 1 fully saturated rings. The van der Waals surface area contributed by atoms with E-state index in [1.54, 1.807) is 6.07 Å². The first-order chi connectivity index (χ1) is 15.0. The molecule has 1 aromatic carbocycles. The van der Waals surface area contributed by atoms with Gasteiger partial charge in [0.1, 0.15) is 29.8 Å². The van der Waals surface area contributed by atoms with Crippen molar-refractivity contribution in [1.82, 2.24) is 19.9 Å². The molecule has 0 aliphatic carbocycles. The molecule has 31 heavy (non-hydrogen) atoms. The summed E-state index contributed by atoms with van der Waals surface area (Å²) in [4.78, 5) is 13.1. The van der Waals surface area contributed by atoms with Gasteiger partial charge in [-0.2, -0.15) is 4.98 Å². The van der Waals surface area contributed by atoms with E-state index >= 15 is 0 Å². The largest absolute Gasteiger partial charge is 0.492 e. The van der Waals surface area contributed by atoms with Crippen molar-refractivity contribution < 1.29 is 23.4 Å². The van der Waals surface area contributed by atoms with E-state index in [1.165, 1.54) is 12.1 Å². The van der Waals surface area contributed by atoms with Gasteiger partial charge in [-0.25, -0.2) is 13.8 Å². The van der Waals surface area contributed by atoms with E-state index in [0.717, 1.165) is 18.7 Å². The second-order valence-electron chi connectivity index (χ2n) is 7.30. The van der Waals surface area contributed by atoms with Crippen LogP contribution in [0.4, 0.5) is 14.6 Å². The Kier molecular flexibility index (Phi) is 6.47. The minimum absolute atomic E-state index is 0.0896. The van der Waals surface area contributed by atoms with Crippen molar-refractivity contribution in [3.63, 3.8) is 0 Å². The van der Waals surface area contributed by atoms with E-state index in [-0.39, 0.29) is 23.9 Å². The molecule has 0 spiro atoms. The molecule has 2 aromatic heterocycles. The number of benzene rings is 1. The number of rotatable bonds is 8. The fourth-order valence-electron chi connectivity index (χ4n) is 3.52. The molecule has 10 heteroatoms. The number of anilines is 1. The molecule has 0 atom stereocenters. The fourth-order valence-corrected chi connectivity index (χ4v) is 3.52. The number of imidazole rings is 1. The maximum Gasteiger partial charge on any atom is 0.293 e. The van der Waals surface area contributed by atoms with Gasteiger partial charge in [0, 0.05) is 43.9 Å². The van der Waals surface area contributed by atoms with Gasteiger partial charge in [-0.15, -0.1) is 0 Å². The minimum atomic E-state index is -0.689. The van der Waals surface area contributed by atoms with Crippen LogP contribution >= 0.6 is 0 Å². The number of aromatic amines is 1. The van der Waals surface area contributed by atoms with Crippen LogP contribution in [0, 0.1) is 11.6 Å². The number of hydrogen-bond acceptors (Lipinski definition) is 7. The molecule has 3 heterocycles. The SMILES string of the molecule is CCc1cc2[nH]c(O)nc2nc1NCc1c(F)cc(OCCN2CCOCC2)cc1F. The van der Waals surface area contributed by atoms with Crippen LogP contribution in [-0.2, 0) is 17.7 Å². The third-order valence-electron chi connectivity index (χ3n) is 5.25. The fraction of sp³-hybridized carbons (Fsp3) is 0.429. The van der Waals surface area contributed by atoms with Gasteiger partial charge in [0.15, 0.2) is 5.65 Å². The second-order valence-corrected chi connectivity index (χ2v) is 7.30. The summed E-state index contributed by atoms with van der Waals surface area (Å²) in [5.41, 5.74) is 1.65. The van der Waals surface area contributed by atoms with E-state index in [1.807, 2.05) is 6.92 Å². The molecule has 8 nitrogen and oxygen atoms in total. The highest BCUT2D eigenvalue weighted by Gasteiger charge is 2.15. The van der Waals surface area contributed by atoms with Crippen molar-refractivity contribution in [2.24, 2.45) is 0 Å². The average molecular weight is 433 g/mol. The summed E-state index contributed by atoms with van der Waals surface area (Å²) >= 11 is 0. The van der Waals surface area contributed by atoms with Crippen molar-refractivity contribution in [3.05, 3.63) is 41.0 Å². The van der Waals surface area contributed by atoms with Gasteiger partial charge in [-0.3, -0.25) is 4.90 Å². The van der Waals surface area contributed by atoms with Crippen molar-refractivity contribution in [2.75, 3.05) is 44.8 Å². The highest BCUT2D eigenvalue weighted by atomic mass is 19.1. The van der Waals surface area contributed by atoms with E-state index < -0.39 is 11.6 Å². The van der Waals surface area contributed by atoms with Crippen molar-refractivity contribution in [2.45, 2.75) is 19.9 Å². The Morgan fingerprint density at radius 3 is 2.65 bits per heavy atom. The molecule has 0 unspecified atom stereocenters. The summed E-state index contributed by atoms with van der Waals surface area (Å²) < 4.78 is 40.0. The number of fused-ring (bicyclic) bond motifs is 1. The van der Waals surface area contributed by atoms with Crippen LogP contribution in [-0.4, -0.2) is 64.4 Å². The number of pyridine rings is 1. The number of ether oxygens (including phenoxy) is 2. The van der Waals surface area contributed by atoms with Gasteiger partial charge in [0.05, 0.1) is 18.7 Å². The minimum Gasteiger partial charge on any atom is -0.492 e. The van der Waals surface area contributed by atoms with Gasteiger partial charge in [0.25, 0.3) is 6.01 Å². The van der Waals surface area contributed by atoms with Gasteiger partial charge in [-0.05, 0) is 18.1 Å². The smallest absolute Gasteiger partial charge is 0.293 e. The Labute approximate surface area is 178 Å². The van der Waals surface area contributed by atoms with E-state index in [9.17, 15) is 13.9 Å². The summed E-state index contributed by atoms with van der Waals surface area (Å²) in [5, 5.41) is 12.5. The number of nitrogens with one attached hydrogen (secondary N) is 2. The number of hydrogen-bond donors (Lipinski definition) is 3. The van der Waals surface area contributed by atoms with Crippen LogP contribution < -0.4 is 10.1 Å². The Bertz CT molecular complexity index is 1030. The number of halogens is 2. The maximum atomic E-state index is 14.6. The molecule has 1 aliphatic rings. The van der Waals surface area contributed by atoms with E-state index in [2.05, 4.69) is 25.2 Å². The predicted octanol–water partition coefficient (Wildman–Crippen LogP) is 2.83. The maximum absolute atomic E-state index is 14.6. The summed E-state index contributed by atoms with van der Waals surface area (Å²) in [7, 11) is 0. The standard InChI is InChI=1S/C21H25F2N5O3/c1-2-13-9-18-20(27-21(29)25-18)26-19(13)24-12-15-16(22)10-14(11-17(15)23)31-8-5-28-3-6-30-7-4-28/h9-11H,2-8,12H2,1H3,(H3,24,25,26,27,29). The molecule has 4 rings (SSSR count). The molecule has 3 aromatic rings. The highest BCUT2D eigenvalue weighted by molar-refractivity contribution is 5.75. The topological polar surface area (TPSA) is 95.5 Å². The summed E-state index contributed by atoms with van der Waals surface area (Å²) in [6, 6.07) is 3.96. The lowest BCUT2D eigenvalue weighted by atomic mass is 10.1. The third-order valence-corrected chi connectivity index (χ3v) is 5.25. The Hall–Kier alpha value is -2.98. The van der Waals surface area contributed by atoms with Gasteiger partial charge < -0.3 is 24.9 Å². The first-order valence-electron chi connectivity index (χ1n) is 10.3. The molecule has 166 valence electrons. The molecular formula is C21H25F2N5O3. The number of aromatic hydroxyl groups is 1. The molecule has 0 amide bonds. The monoisotopic (exact) mass is 433 g/mol. The van der Waals surface area contributed by atoms with E-state index in [0.29, 0.717) is 49.8 Å². The lowest BCUT2D eigenvalue weighted by Gasteiger charge is -2.26.